The van der Waals surface area contributed by atoms with E-state index in [0.717, 1.165) is 0 Å². The van der Waals surface area contributed by atoms with Crippen LogP contribution in [0.2, 0.25) is 0 Å². The molecule has 0 heterocycles. The molecule has 0 aromatic heterocycles. The molecule has 0 aliphatic heterocycles. The van der Waals surface area contributed by atoms with E-state index in [1.165, 1.54) is 0 Å². The molecule has 0 fully saturated rings. The summed E-state index contributed by atoms with van der Waals surface area (Å²) in [5.74, 6) is 0. The van der Waals surface area contributed by atoms with Gasteiger partial charge >= 0.3 is 83.9 Å². The van der Waals surface area contributed by atoms with Crippen molar-refractivity contribution in [2.24, 2.45) is 0 Å². The molecule has 0 radical (unpaired) electrons. The van der Waals surface area contributed by atoms with Crippen LogP contribution in [0.1, 0.15) is 0 Å². The van der Waals surface area contributed by atoms with Crippen LogP contribution < -0.4 is 29.6 Å². The SMILES string of the molecule is N#[C][K].[Na+].[OH-]. The summed E-state index contributed by atoms with van der Waals surface area (Å²) in [6.45, 7) is 0. The van der Waals surface area contributed by atoms with Gasteiger partial charge in [-0.05, 0) is 0 Å². The zero-order valence-electron chi connectivity index (χ0n) is 3.39. The molecule has 5 heavy (non-hydrogen) atoms. The van der Waals surface area contributed by atoms with Crippen molar-refractivity contribution in [1.82, 2.24) is 0 Å². The van der Waals surface area contributed by atoms with Gasteiger partial charge in [-0.25, -0.2) is 0 Å². The molecular formula is CHKNNaO. The Bertz CT molecular complexity index is 33.1. The standard InChI is InChI=1S/CN.K.Na.H2O/c1-2;;;/h;;;1H2/q;;+1;/p-1. The summed E-state index contributed by atoms with van der Waals surface area (Å²) in [4.78, 5) is 0. The van der Waals surface area contributed by atoms with E-state index in [0.29, 0.717) is 49.0 Å². The molecule has 0 saturated heterocycles. The van der Waals surface area contributed by atoms with Gasteiger partial charge < -0.3 is 5.48 Å². The third-order valence-corrected chi connectivity index (χ3v) is 0. The summed E-state index contributed by atoms with van der Waals surface area (Å²) in [5, 5.41) is 7.40. The van der Waals surface area contributed by atoms with Gasteiger partial charge in [0.25, 0.3) is 0 Å². The third kappa shape index (κ3) is 23.3. The van der Waals surface area contributed by atoms with Gasteiger partial charge in [-0.1, -0.05) is 0 Å². The Kier molecular flexibility index (Phi) is 52.0. The molecule has 0 aliphatic carbocycles. The average Bonchev–Trinajstić information content (AvgIpc) is 0.918. The fourth-order valence-corrected chi connectivity index (χ4v) is 0. The van der Waals surface area contributed by atoms with Crippen molar-refractivity contribution in [3.63, 3.8) is 0 Å². The minimum Gasteiger partial charge on any atom is -0.870 e. The van der Waals surface area contributed by atoms with Gasteiger partial charge in [-0.2, -0.15) is 0 Å². The first-order chi connectivity index (χ1) is 1.41. The normalized spacial score (nSPS) is 1.80. The number of hydrogen-bond donors (Lipinski definition) is 0. The second-order valence-electron chi connectivity index (χ2n) is 0.224. The molecule has 0 rings (SSSR count). The summed E-state index contributed by atoms with van der Waals surface area (Å²) < 4.78 is 1.94. The van der Waals surface area contributed by atoms with Crippen molar-refractivity contribution >= 4 is 49.0 Å². The fraction of sp³-hybridized carbons (Fsp3) is 0. The molecule has 0 aliphatic rings. The van der Waals surface area contributed by atoms with E-state index in [2.05, 4.69) is 0 Å². The predicted octanol–water partition coefficient (Wildman–Crippen LogP) is -3.54. The summed E-state index contributed by atoms with van der Waals surface area (Å²) in [6.07, 6.45) is 0. The van der Waals surface area contributed by atoms with E-state index in [1.54, 1.807) is 0 Å². The predicted molar refractivity (Wildman–Crippen MR) is 13.3 cm³/mol. The van der Waals surface area contributed by atoms with Gasteiger partial charge in [0, 0.05) is 0 Å². The van der Waals surface area contributed by atoms with Gasteiger partial charge in [0.1, 0.15) is 0 Å². The Balaban J connectivity index is -0.0000000200. The molecule has 1 N–H and O–H groups in total. The van der Waals surface area contributed by atoms with Crippen LogP contribution >= 0.6 is 0 Å². The van der Waals surface area contributed by atoms with Crippen molar-refractivity contribution in [3.05, 3.63) is 0 Å². The van der Waals surface area contributed by atoms with Gasteiger partial charge in [-0.15, -0.1) is 0 Å². The van der Waals surface area contributed by atoms with E-state index in [1.807, 2.05) is 0.164 Å². The topological polar surface area (TPSA) is 53.8 Å². The Morgan fingerprint density at radius 1 is 1.60 bits per heavy atom. The molecule has 18 valence electrons. The van der Waals surface area contributed by atoms with E-state index in [9.17, 15) is 0 Å². The first-order valence-electron chi connectivity index (χ1n) is 0.724. The molecule has 0 amide bonds. The molecule has 4 heteroatoms. The minimum atomic E-state index is 0. The molecule has 0 spiro atoms. The van der Waals surface area contributed by atoms with Gasteiger partial charge in [0.2, 0.25) is 0 Å². The van der Waals surface area contributed by atoms with Crippen molar-refractivity contribution in [2.75, 3.05) is 0 Å². The Labute approximate surface area is 87.1 Å². The van der Waals surface area contributed by atoms with Crippen molar-refractivity contribution < 1.29 is 35.0 Å². The molecule has 0 atom stereocenters. The molecular weight excluding hydrogens is 104 g/mol. The smallest absolute Gasteiger partial charge is 0.870 e. The van der Waals surface area contributed by atoms with Crippen LogP contribution in [0.15, 0.2) is 0 Å². The van der Waals surface area contributed by atoms with Crippen LogP contribution in [0.4, 0.5) is 0 Å². The van der Waals surface area contributed by atoms with Crippen LogP contribution in [-0.4, -0.2) is 54.4 Å². The maximum atomic E-state index is 7.40. The van der Waals surface area contributed by atoms with Gasteiger partial charge in [0.15, 0.2) is 0 Å². The Hall–Kier alpha value is 2.09. The summed E-state index contributed by atoms with van der Waals surface area (Å²) in [5.41, 5.74) is 0. The van der Waals surface area contributed by atoms with Crippen LogP contribution in [-0.2, 0) is 0 Å². The van der Waals surface area contributed by atoms with Crippen LogP contribution in [0.25, 0.3) is 0 Å². The summed E-state index contributed by atoms with van der Waals surface area (Å²) >= 11 is 0.410. The first-order valence-corrected chi connectivity index (χ1v) is 2.29. The quantitative estimate of drug-likeness (QED) is 0.300. The minimum absolute atomic E-state index is 0. The van der Waals surface area contributed by atoms with E-state index >= 15 is 0 Å². The molecule has 0 bridgehead atoms. The number of rotatable bonds is 0. The zero-order chi connectivity index (χ0) is 2.71. The number of hydrogen-bond acceptors (Lipinski definition) is 2. The van der Waals surface area contributed by atoms with E-state index in [-0.39, 0.29) is 35.0 Å². The van der Waals surface area contributed by atoms with Crippen molar-refractivity contribution in [1.29, 1.82) is 5.26 Å². The molecule has 0 aromatic rings. The molecule has 0 aromatic carbocycles. The fourth-order valence-electron chi connectivity index (χ4n) is 0. The Morgan fingerprint density at radius 3 is 1.60 bits per heavy atom. The van der Waals surface area contributed by atoms with Crippen molar-refractivity contribution in [3.8, 4) is 0.164 Å². The summed E-state index contributed by atoms with van der Waals surface area (Å²) in [7, 11) is 0. The zero-order valence-corrected chi connectivity index (χ0v) is 8.52. The maximum absolute atomic E-state index is 7.40. The average molecular weight is 105 g/mol. The number of nitrogens with zero attached hydrogens (tertiary/aromatic N) is 1. The van der Waals surface area contributed by atoms with Crippen LogP contribution in [0.5, 0.6) is 0 Å². The second-order valence-corrected chi connectivity index (χ2v) is 0.922. The van der Waals surface area contributed by atoms with E-state index in [4.69, 9.17) is 5.26 Å². The summed E-state index contributed by atoms with van der Waals surface area (Å²) in [6, 6.07) is 0. The maximum Gasteiger partial charge on any atom is 1.00 e. The van der Waals surface area contributed by atoms with Gasteiger partial charge in [-0.3, -0.25) is 0 Å². The Morgan fingerprint density at radius 2 is 1.60 bits per heavy atom. The number of nitriles is 1. The molecule has 0 unspecified atom stereocenters. The molecule has 2 nitrogen and oxygen atoms in total. The van der Waals surface area contributed by atoms with Crippen LogP contribution in [0, 0.1) is 5.43 Å². The monoisotopic (exact) mass is 105 g/mol. The second kappa shape index (κ2) is 16.5. The van der Waals surface area contributed by atoms with Crippen LogP contribution in [0.3, 0.4) is 0 Å². The largest absolute Gasteiger partial charge is 1.00 e. The third-order valence-electron chi connectivity index (χ3n) is 0. The first kappa shape index (κ1) is 15.7. The van der Waals surface area contributed by atoms with Gasteiger partial charge in [0.05, 0.1) is 0 Å². The molecule has 0 saturated carbocycles. The van der Waals surface area contributed by atoms with E-state index < -0.39 is 0 Å². The van der Waals surface area contributed by atoms with Crippen molar-refractivity contribution in [2.45, 2.75) is 0 Å².